The fourth-order valence-corrected chi connectivity index (χ4v) is 1.00. The Hall–Kier alpha value is -1.55. The Kier molecular flexibility index (Phi) is 3.68. The second-order valence-electron chi connectivity index (χ2n) is 2.75. The summed E-state index contributed by atoms with van der Waals surface area (Å²) in [5, 5.41) is 8.97. The van der Waals surface area contributed by atoms with Gasteiger partial charge in [-0.15, -0.1) is 0 Å². The second kappa shape index (κ2) is 4.79. The van der Waals surface area contributed by atoms with Crippen LogP contribution in [0.15, 0.2) is 29.8 Å². The zero-order chi connectivity index (χ0) is 11.4. The lowest BCUT2D eigenvalue weighted by atomic mass is 10.2. The van der Waals surface area contributed by atoms with Gasteiger partial charge in [0.05, 0.1) is 0 Å². The van der Waals surface area contributed by atoms with Gasteiger partial charge in [0.15, 0.2) is 0 Å². The number of hydrogen-bond donors (Lipinski definition) is 1. The second-order valence-corrected chi connectivity index (χ2v) is 3.29. The lowest BCUT2D eigenvalue weighted by Gasteiger charge is -2.07. The van der Waals surface area contributed by atoms with Crippen molar-refractivity contribution in [3.63, 3.8) is 0 Å². The quantitative estimate of drug-likeness (QED) is 0.865. The molecule has 0 bridgehead atoms. The molecule has 0 aliphatic heterocycles. The molecule has 1 aromatic carbocycles. The Morgan fingerprint density at radius 1 is 1.60 bits per heavy atom. The standard InChI is InChI=1S/C10H8ClFO3/c1-6(11)5-15-9-4-7(12)2-3-8(9)10(13)14/h2-4H,1,5H2,(H,13,14). The molecular weight excluding hydrogens is 223 g/mol. The highest BCUT2D eigenvalue weighted by Crippen LogP contribution is 2.20. The summed E-state index contributed by atoms with van der Waals surface area (Å²) in [6.07, 6.45) is 0. The average molecular weight is 231 g/mol. The molecule has 0 atom stereocenters. The van der Waals surface area contributed by atoms with Crippen LogP contribution in [0.4, 0.5) is 4.39 Å². The molecule has 3 nitrogen and oxygen atoms in total. The van der Waals surface area contributed by atoms with Crippen LogP contribution in [-0.2, 0) is 0 Å². The summed E-state index contributed by atoms with van der Waals surface area (Å²) < 4.78 is 17.8. The van der Waals surface area contributed by atoms with E-state index in [9.17, 15) is 9.18 Å². The van der Waals surface area contributed by atoms with Crippen molar-refractivity contribution >= 4 is 17.6 Å². The van der Waals surface area contributed by atoms with E-state index in [0.29, 0.717) is 0 Å². The van der Waals surface area contributed by atoms with Gasteiger partial charge in [0.25, 0.3) is 0 Å². The van der Waals surface area contributed by atoms with Crippen molar-refractivity contribution in [2.75, 3.05) is 6.61 Å². The molecule has 0 spiro atoms. The maximum absolute atomic E-state index is 12.8. The zero-order valence-electron chi connectivity index (χ0n) is 7.67. The number of aromatic carboxylic acids is 1. The highest BCUT2D eigenvalue weighted by atomic mass is 35.5. The normalized spacial score (nSPS) is 9.73. The minimum absolute atomic E-state index is 0.0642. The predicted molar refractivity (Wildman–Crippen MR) is 53.8 cm³/mol. The van der Waals surface area contributed by atoms with E-state index in [4.69, 9.17) is 21.4 Å². The van der Waals surface area contributed by atoms with Crippen molar-refractivity contribution in [3.8, 4) is 5.75 Å². The van der Waals surface area contributed by atoms with Gasteiger partial charge in [-0.2, -0.15) is 0 Å². The first-order valence-corrected chi connectivity index (χ1v) is 4.37. The summed E-state index contributed by atoms with van der Waals surface area (Å²) in [6, 6.07) is 3.17. The third-order valence-electron chi connectivity index (χ3n) is 1.56. The molecule has 0 saturated heterocycles. The van der Waals surface area contributed by atoms with Crippen LogP contribution in [0.3, 0.4) is 0 Å². The van der Waals surface area contributed by atoms with E-state index >= 15 is 0 Å². The van der Waals surface area contributed by atoms with Crippen molar-refractivity contribution in [2.45, 2.75) is 0 Å². The van der Waals surface area contributed by atoms with Gasteiger partial charge in [0.2, 0.25) is 0 Å². The average Bonchev–Trinajstić information content (AvgIpc) is 2.14. The van der Waals surface area contributed by atoms with Crippen LogP contribution in [0, 0.1) is 5.82 Å². The highest BCUT2D eigenvalue weighted by Gasteiger charge is 2.12. The van der Waals surface area contributed by atoms with E-state index in [2.05, 4.69) is 6.58 Å². The van der Waals surface area contributed by atoms with Crippen molar-refractivity contribution in [2.24, 2.45) is 0 Å². The van der Waals surface area contributed by atoms with Gasteiger partial charge in [0, 0.05) is 11.1 Å². The first-order chi connectivity index (χ1) is 7.00. The number of benzene rings is 1. The Morgan fingerprint density at radius 3 is 2.80 bits per heavy atom. The van der Waals surface area contributed by atoms with E-state index in [0.717, 1.165) is 18.2 Å². The molecule has 1 aromatic rings. The lowest BCUT2D eigenvalue weighted by molar-refractivity contribution is 0.0692. The van der Waals surface area contributed by atoms with E-state index in [1.54, 1.807) is 0 Å². The summed E-state index contributed by atoms with van der Waals surface area (Å²) >= 11 is 5.44. The lowest BCUT2D eigenvalue weighted by Crippen LogP contribution is -2.04. The molecule has 0 fully saturated rings. The number of halogens is 2. The van der Waals surface area contributed by atoms with E-state index in [-0.39, 0.29) is 23.0 Å². The molecule has 0 saturated carbocycles. The number of ether oxygens (including phenoxy) is 1. The Morgan fingerprint density at radius 2 is 2.27 bits per heavy atom. The molecule has 1 N–H and O–H groups in total. The highest BCUT2D eigenvalue weighted by molar-refractivity contribution is 6.29. The Bertz CT molecular complexity index is 404. The third-order valence-corrected chi connectivity index (χ3v) is 1.67. The van der Waals surface area contributed by atoms with Crippen LogP contribution in [0.1, 0.15) is 10.4 Å². The van der Waals surface area contributed by atoms with Crippen LogP contribution in [-0.4, -0.2) is 17.7 Å². The van der Waals surface area contributed by atoms with Crippen molar-refractivity contribution in [3.05, 3.63) is 41.2 Å². The van der Waals surface area contributed by atoms with Gasteiger partial charge in [-0.3, -0.25) is 0 Å². The van der Waals surface area contributed by atoms with Crippen LogP contribution >= 0.6 is 11.6 Å². The molecule has 80 valence electrons. The van der Waals surface area contributed by atoms with Crippen LogP contribution < -0.4 is 4.74 Å². The molecule has 0 heterocycles. The van der Waals surface area contributed by atoms with Gasteiger partial charge in [0.1, 0.15) is 23.7 Å². The number of carboxylic acid groups (broad SMARTS) is 1. The maximum Gasteiger partial charge on any atom is 0.339 e. The summed E-state index contributed by atoms with van der Waals surface area (Å²) in [4.78, 5) is 10.7. The van der Waals surface area contributed by atoms with Crippen molar-refractivity contribution in [1.82, 2.24) is 0 Å². The molecule has 0 unspecified atom stereocenters. The zero-order valence-corrected chi connectivity index (χ0v) is 8.42. The molecule has 5 heteroatoms. The van der Waals surface area contributed by atoms with Gasteiger partial charge in [-0.1, -0.05) is 18.2 Å². The fraction of sp³-hybridized carbons (Fsp3) is 0.100. The van der Waals surface area contributed by atoms with Gasteiger partial charge < -0.3 is 9.84 Å². The Labute approximate surface area is 90.7 Å². The fourth-order valence-electron chi connectivity index (χ4n) is 0.948. The monoisotopic (exact) mass is 230 g/mol. The smallest absolute Gasteiger partial charge is 0.339 e. The molecule has 15 heavy (non-hydrogen) atoms. The topological polar surface area (TPSA) is 46.5 Å². The Balaban J connectivity index is 2.96. The minimum Gasteiger partial charge on any atom is -0.487 e. The number of rotatable bonds is 4. The number of carbonyl (C=O) groups is 1. The van der Waals surface area contributed by atoms with Crippen LogP contribution in [0.2, 0.25) is 0 Å². The maximum atomic E-state index is 12.8. The molecule has 0 amide bonds. The van der Waals surface area contributed by atoms with Crippen LogP contribution in [0.5, 0.6) is 5.75 Å². The molecule has 0 aliphatic carbocycles. The van der Waals surface area contributed by atoms with E-state index < -0.39 is 11.8 Å². The van der Waals surface area contributed by atoms with Gasteiger partial charge in [-0.05, 0) is 12.1 Å². The van der Waals surface area contributed by atoms with Gasteiger partial charge >= 0.3 is 5.97 Å². The first kappa shape index (κ1) is 11.5. The largest absolute Gasteiger partial charge is 0.487 e. The summed E-state index contributed by atoms with van der Waals surface area (Å²) in [7, 11) is 0. The molecule has 0 aromatic heterocycles. The molecular formula is C10H8ClFO3. The van der Waals surface area contributed by atoms with Crippen LogP contribution in [0.25, 0.3) is 0 Å². The van der Waals surface area contributed by atoms with Gasteiger partial charge in [-0.25, -0.2) is 9.18 Å². The number of hydrogen-bond acceptors (Lipinski definition) is 2. The molecule has 0 radical (unpaired) electrons. The van der Waals surface area contributed by atoms with E-state index in [1.807, 2.05) is 0 Å². The number of carboxylic acids is 1. The van der Waals surface area contributed by atoms with E-state index in [1.165, 1.54) is 0 Å². The molecule has 1 rings (SSSR count). The first-order valence-electron chi connectivity index (χ1n) is 3.99. The SMILES string of the molecule is C=C(Cl)COc1cc(F)ccc1C(=O)O. The van der Waals surface area contributed by atoms with Crippen molar-refractivity contribution in [1.29, 1.82) is 0 Å². The molecule has 0 aliphatic rings. The minimum atomic E-state index is -1.19. The summed E-state index contributed by atoms with van der Waals surface area (Å²) in [5.74, 6) is -1.83. The third kappa shape index (κ3) is 3.25. The summed E-state index contributed by atoms with van der Waals surface area (Å²) in [6.45, 7) is 3.30. The van der Waals surface area contributed by atoms with Crippen molar-refractivity contribution < 1.29 is 19.0 Å². The predicted octanol–water partition coefficient (Wildman–Crippen LogP) is 2.66. The summed E-state index contributed by atoms with van der Waals surface area (Å²) in [5.41, 5.74) is -0.116.